The molecule has 5 aliphatic rings. The first-order valence-electron chi connectivity index (χ1n) is 15.8. The zero-order valence-electron chi connectivity index (χ0n) is 25.8. The lowest BCUT2D eigenvalue weighted by Gasteiger charge is -2.53. The molecule has 2 fully saturated rings. The van der Waals surface area contributed by atoms with Gasteiger partial charge in [0.2, 0.25) is 6.79 Å². The van der Waals surface area contributed by atoms with E-state index < -0.39 is 55.2 Å². The molecule has 5 heterocycles. The van der Waals surface area contributed by atoms with Crippen LogP contribution in [-0.2, 0) is 33.4 Å². The first kappa shape index (κ1) is 32.6. The van der Waals surface area contributed by atoms with Gasteiger partial charge in [-0.3, -0.25) is 9.59 Å². The molecule has 260 valence electrons. The van der Waals surface area contributed by atoms with Crippen molar-refractivity contribution in [1.82, 2.24) is 0 Å². The van der Waals surface area contributed by atoms with E-state index in [1.807, 2.05) is 12.1 Å². The van der Waals surface area contributed by atoms with Gasteiger partial charge in [0.15, 0.2) is 29.6 Å². The number of carboxylic acid groups (broad SMARTS) is 1. The Hall–Kier alpha value is -3.90. The van der Waals surface area contributed by atoms with Gasteiger partial charge in [-0.05, 0) is 37.1 Å². The second kappa shape index (κ2) is 13.5. The van der Waals surface area contributed by atoms with Crippen LogP contribution in [-0.4, -0.2) is 104 Å². The van der Waals surface area contributed by atoms with E-state index in [9.17, 15) is 19.8 Å². The molecule has 48 heavy (non-hydrogen) atoms. The third-order valence-corrected chi connectivity index (χ3v) is 9.29. The summed E-state index contributed by atoms with van der Waals surface area (Å²) in [5.41, 5.74) is 5.88. The topological polar surface area (TPSA) is 213 Å². The number of hydrogen-bond donors (Lipinski definition) is 4. The predicted molar refractivity (Wildman–Crippen MR) is 157 cm³/mol. The fourth-order valence-electron chi connectivity index (χ4n) is 6.79. The van der Waals surface area contributed by atoms with Crippen molar-refractivity contribution >= 4 is 11.9 Å². The van der Waals surface area contributed by atoms with Gasteiger partial charge < -0.3 is 63.8 Å². The quantitative estimate of drug-likeness (QED) is 0.113. The number of hydrogen-bond acceptors (Lipinski definition) is 15. The highest BCUT2D eigenvalue weighted by molar-refractivity contribution is 5.90. The second-order valence-electron chi connectivity index (χ2n) is 12.2. The maximum atomic E-state index is 12.1. The van der Waals surface area contributed by atoms with Gasteiger partial charge in [0, 0.05) is 36.3 Å². The Balaban J connectivity index is 1.10. The van der Waals surface area contributed by atoms with Gasteiger partial charge in [-0.15, -0.1) is 0 Å². The van der Waals surface area contributed by atoms with Crippen molar-refractivity contribution in [3.8, 4) is 28.7 Å². The summed E-state index contributed by atoms with van der Waals surface area (Å²) in [4.78, 5) is 34.7. The first-order valence-corrected chi connectivity index (χ1v) is 15.8. The number of rotatable bonds is 11. The van der Waals surface area contributed by atoms with E-state index in [-0.39, 0.29) is 63.3 Å². The van der Waals surface area contributed by atoms with Crippen molar-refractivity contribution in [2.75, 3.05) is 46.4 Å². The van der Waals surface area contributed by atoms with Crippen LogP contribution in [0.5, 0.6) is 28.7 Å². The number of nitrogens with two attached hydrogens (primary N) is 1. The van der Waals surface area contributed by atoms with Crippen LogP contribution in [0, 0.1) is 5.92 Å². The largest absolute Gasteiger partial charge is 0.492 e. The number of carboxylic acids is 1. The molecule has 5 aliphatic heterocycles. The highest BCUT2D eigenvalue weighted by atomic mass is 17.2. The fraction of sp³-hybridized carbons (Fsp3) is 0.562. The monoisotopic (exact) mass is 675 g/mol. The number of aliphatic carboxylic acids is 1. The zero-order chi connectivity index (χ0) is 33.4. The van der Waals surface area contributed by atoms with Crippen molar-refractivity contribution in [3.05, 3.63) is 41.5 Å². The van der Waals surface area contributed by atoms with Crippen LogP contribution < -0.4 is 29.6 Å². The Morgan fingerprint density at radius 1 is 1.02 bits per heavy atom. The summed E-state index contributed by atoms with van der Waals surface area (Å²) in [7, 11) is 0. The summed E-state index contributed by atoms with van der Waals surface area (Å²) in [6.45, 7) is 0.231. The first-order chi connectivity index (χ1) is 23.3. The molecule has 0 aromatic heterocycles. The molecule has 8 atom stereocenters. The second-order valence-corrected chi connectivity index (χ2v) is 12.2. The molecule has 0 saturated carbocycles. The molecular weight excluding hydrogens is 638 g/mol. The van der Waals surface area contributed by atoms with Crippen molar-refractivity contribution < 1.29 is 72.6 Å². The Labute approximate surface area is 274 Å². The Morgan fingerprint density at radius 2 is 1.85 bits per heavy atom. The van der Waals surface area contributed by atoms with E-state index in [1.54, 1.807) is 18.2 Å². The van der Waals surface area contributed by atoms with Crippen molar-refractivity contribution in [2.24, 2.45) is 11.7 Å². The zero-order valence-corrected chi connectivity index (χ0v) is 25.8. The highest BCUT2D eigenvalue weighted by Gasteiger charge is 2.60. The van der Waals surface area contributed by atoms with E-state index in [4.69, 9.17) is 58.5 Å². The summed E-state index contributed by atoms with van der Waals surface area (Å²) < 4.78 is 46.8. The van der Waals surface area contributed by atoms with Gasteiger partial charge in [-0.2, -0.15) is 4.89 Å². The highest BCUT2D eigenvalue weighted by Crippen LogP contribution is 2.54. The van der Waals surface area contributed by atoms with Crippen LogP contribution >= 0.6 is 0 Å². The van der Waals surface area contributed by atoms with Crippen molar-refractivity contribution in [2.45, 2.75) is 61.5 Å². The maximum absolute atomic E-state index is 12.1. The summed E-state index contributed by atoms with van der Waals surface area (Å²) >= 11 is 0. The van der Waals surface area contributed by atoms with Crippen LogP contribution in [0.25, 0.3) is 0 Å². The summed E-state index contributed by atoms with van der Waals surface area (Å²) in [6, 6.07) is 8.84. The smallest absolute Gasteiger partial charge is 0.317 e. The van der Waals surface area contributed by atoms with Gasteiger partial charge in [0.1, 0.15) is 48.4 Å². The minimum atomic E-state index is -1.47. The summed E-state index contributed by atoms with van der Waals surface area (Å²) in [5.74, 6) is 0.219. The number of ether oxygens (including phenoxy) is 8. The Kier molecular flexibility index (Phi) is 9.21. The van der Waals surface area contributed by atoms with Crippen LogP contribution in [0.4, 0.5) is 0 Å². The molecule has 0 amide bonds. The summed E-state index contributed by atoms with van der Waals surface area (Å²) in [5, 5.41) is 30.5. The molecule has 2 aromatic carbocycles. The number of aliphatic hydroxyl groups is 2. The molecule has 5 N–H and O–H groups in total. The van der Waals surface area contributed by atoms with Gasteiger partial charge in [-0.25, -0.2) is 0 Å². The Bertz CT molecular complexity index is 1510. The number of benzene rings is 2. The SMILES string of the molecule is NCCOC1OC(COC(=O)CC(=O)O)C2(CCC(CO)CO2)C(O)C1OOc1ccc2c(c1)C1Oc3cc4c(cc3C1CO2)OCO4. The number of esters is 1. The molecule has 8 unspecified atom stereocenters. The number of carbonyl (C=O) groups excluding carboxylic acids is 1. The molecular formula is C32H37NO15. The number of carbonyl (C=O) groups is 2. The van der Waals surface area contributed by atoms with Crippen LogP contribution in [0.2, 0.25) is 0 Å². The predicted octanol–water partition coefficient (Wildman–Crippen LogP) is 0.941. The van der Waals surface area contributed by atoms with Crippen LogP contribution in [0.1, 0.15) is 42.4 Å². The minimum Gasteiger partial charge on any atom is -0.492 e. The molecule has 0 radical (unpaired) electrons. The van der Waals surface area contributed by atoms with Crippen molar-refractivity contribution in [3.63, 3.8) is 0 Å². The lowest BCUT2D eigenvalue weighted by molar-refractivity contribution is -0.400. The minimum absolute atomic E-state index is 0.0277. The Morgan fingerprint density at radius 3 is 2.60 bits per heavy atom. The van der Waals surface area contributed by atoms with Gasteiger partial charge in [0.25, 0.3) is 0 Å². The third kappa shape index (κ3) is 6.09. The van der Waals surface area contributed by atoms with Crippen molar-refractivity contribution in [1.29, 1.82) is 0 Å². The van der Waals surface area contributed by atoms with E-state index in [0.717, 1.165) is 11.1 Å². The molecule has 7 rings (SSSR count). The van der Waals surface area contributed by atoms with E-state index in [1.165, 1.54) is 0 Å². The number of fused-ring (bicyclic) bond motifs is 6. The molecule has 0 bridgehead atoms. The third-order valence-electron chi connectivity index (χ3n) is 9.29. The fourth-order valence-corrected chi connectivity index (χ4v) is 6.79. The standard InChI is InChI=1S/C32H37NO15/c33-5-6-39-31-29(30(38)32(4-3-16(11-34)12-44-32)25(46-31)14-41-27(37)10-26(35)36)48-47-17-1-2-21-19(7-17)28-20(13-40-21)18-8-23-24(43-15-42-23)9-22(18)45-28/h1-2,7-9,16,20,25,28-31,34,38H,3-6,10-15,33H2,(H,35,36). The summed E-state index contributed by atoms with van der Waals surface area (Å²) in [6.07, 6.45) is -5.62. The van der Waals surface area contributed by atoms with E-state index in [2.05, 4.69) is 0 Å². The lowest BCUT2D eigenvalue weighted by Crippen LogP contribution is -2.70. The lowest BCUT2D eigenvalue weighted by atomic mass is 9.77. The number of aliphatic hydroxyl groups excluding tert-OH is 2. The normalized spacial score (nSPS) is 31.2. The molecule has 16 heteroatoms. The van der Waals surface area contributed by atoms with Gasteiger partial charge in [-0.1, -0.05) is 0 Å². The van der Waals surface area contributed by atoms with Gasteiger partial charge >= 0.3 is 11.9 Å². The van der Waals surface area contributed by atoms with Crippen LogP contribution in [0.3, 0.4) is 0 Å². The van der Waals surface area contributed by atoms with E-state index in [0.29, 0.717) is 36.0 Å². The van der Waals surface area contributed by atoms with Gasteiger partial charge in [0.05, 0.1) is 25.7 Å². The average Bonchev–Trinajstić information content (AvgIpc) is 3.70. The molecule has 16 nitrogen and oxygen atoms in total. The maximum Gasteiger partial charge on any atom is 0.317 e. The van der Waals surface area contributed by atoms with Crippen LogP contribution in [0.15, 0.2) is 30.3 Å². The molecule has 2 aromatic rings. The van der Waals surface area contributed by atoms with E-state index >= 15 is 0 Å². The average molecular weight is 676 g/mol. The molecule has 1 spiro atoms. The molecule has 2 saturated heterocycles. The molecule has 0 aliphatic carbocycles.